The van der Waals surface area contributed by atoms with E-state index in [0.29, 0.717) is 6.42 Å². The first-order chi connectivity index (χ1) is 15.6. The first-order valence-electron chi connectivity index (χ1n) is 10.9. The Balaban J connectivity index is 2.19. The number of unbranched alkanes of at least 4 members (excludes halogenated alkanes) is 1. The first kappa shape index (κ1) is 24.0. The van der Waals surface area contributed by atoms with Gasteiger partial charge in [0.15, 0.2) is 5.54 Å². The molecule has 0 fully saturated rings. The van der Waals surface area contributed by atoms with E-state index in [1.54, 1.807) is 18.2 Å². The van der Waals surface area contributed by atoms with Gasteiger partial charge in [-0.3, -0.25) is 14.4 Å². The molecule has 2 aromatic carbocycles. The molecule has 0 bridgehead atoms. The summed E-state index contributed by atoms with van der Waals surface area (Å²) in [6, 6.07) is 9.39. The first-order valence-corrected chi connectivity index (χ1v) is 10.9. The molecule has 1 atom stereocenters. The molecule has 3 rings (SSSR count). The predicted octanol–water partition coefficient (Wildman–Crippen LogP) is 4.12. The van der Waals surface area contributed by atoms with Crippen LogP contribution in [0, 0.1) is 0 Å². The van der Waals surface area contributed by atoms with Gasteiger partial charge in [-0.2, -0.15) is 0 Å². The van der Waals surface area contributed by atoms with Crippen molar-refractivity contribution in [2.75, 3.05) is 12.3 Å². The maximum atomic E-state index is 13.7. The van der Waals surface area contributed by atoms with Crippen LogP contribution in [0.1, 0.15) is 78.3 Å². The van der Waals surface area contributed by atoms with Crippen molar-refractivity contribution in [3.63, 3.8) is 0 Å². The Morgan fingerprint density at radius 1 is 1.12 bits per heavy atom. The Morgan fingerprint density at radius 2 is 1.85 bits per heavy atom. The number of carbonyl (C=O) groups is 4. The van der Waals surface area contributed by atoms with Crippen molar-refractivity contribution < 1.29 is 28.7 Å². The third-order valence-electron chi connectivity index (χ3n) is 5.60. The molecule has 0 aromatic heterocycles. The zero-order chi connectivity index (χ0) is 24.3. The summed E-state index contributed by atoms with van der Waals surface area (Å²) in [6.45, 7) is 7.23. The summed E-state index contributed by atoms with van der Waals surface area (Å²) in [5.41, 5.74) is 5.00. The highest BCUT2D eigenvalue weighted by atomic mass is 16.7. The number of benzene rings is 2. The van der Waals surface area contributed by atoms with E-state index in [1.807, 2.05) is 20.8 Å². The number of Topliss-reactive ketones (excluding diaryl/α,β-unsaturated/α-hetero) is 2. The highest BCUT2D eigenvalue weighted by Crippen LogP contribution is 2.44. The van der Waals surface area contributed by atoms with E-state index in [9.17, 15) is 19.2 Å². The number of ether oxygens (including phenoxy) is 2. The normalized spacial score (nSPS) is 17.1. The van der Waals surface area contributed by atoms with Gasteiger partial charge >= 0.3 is 6.16 Å². The lowest BCUT2D eigenvalue weighted by Crippen LogP contribution is -2.53. The molecule has 0 heterocycles. The number of nitrogen functional groups attached to an aromatic ring is 1. The molecule has 2 aromatic rings. The highest BCUT2D eigenvalue weighted by Gasteiger charge is 2.57. The summed E-state index contributed by atoms with van der Waals surface area (Å²) in [6.07, 6.45) is 0.531. The second kappa shape index (κ2) is 9.44. The van der Waals surface area contributed by atoms with Gasteiger partial charge in [-0.25, -0.2) is 4.79 Å². The standard InChI is InChI=1S/C25H28N2O6/c1-5-6-12-32-24(31)33-20-13-16(14(2)3)10-11-18(20)25(27-15(4)28)22(29)17-8-7-9-19(26)21(17)23(25)30/h7-11,13-14H,5-6,12,26H2,1-4H3,(H,27,28). The average molecular weight is 453 g/mol. The van der Waals surface area contributed by atoms with Crippen LogP contribution in [-0.4, -0.2) is 30.2 Å². The van der Waals surface area contributed by atoms with Crippen molar-refractivity contribution in [1.82, 2.24) is 5.32 Å². The van der Waals surface area contributed by atoms with Gasteiger partial charge in [0.05, 0.1) is 12.2 Å². The van der Waals surface area contributed by atoms with Crippen molar-refractivity contribution in [3.05, 3.63) is 58.7 Å². The fraction of sp³-hybridized carbons (Fsp3) is 0.360. The molecule has 1 unspecified atom stereocenters. The number of carbonyl (C=O) groups excluding carboxylic acids is 4. The van der Waals surface area contributed by atoms with Gasteiger partial charge in [0.2, 0.25) is 17.5 Å². The van der Waals surface area contributed by atoms with E-state index in [-0.39, 0.29) is 40.7 Å². The monoisotopic (exact) mass is 452 g/mol. The second-order valence-electron chi connectivity index (χ2n) is 8.32. The molecule has 0 aliphatic heterocycles. The smallest absolute Gasteiger partial charge is 0.434 e. The van der Waals surface area contributed by atoms with Crippen LogP contribution in [0.5, 0.6) is 5.75 Å². The van der Waals surface area contributed by atoms with Crippen LogP contribution in [0.4, 0.5) is 10.5 Å². The SMILES string of the molecule is CCCCOC(=O)Oc1cc(C(C)C)ccc1C1(NC(C)=O)C(=O)c2cccc(N)c2C1=O. The van der Waals surface area contributed by atoms with Crippen molar-refractivity contribution >= 4 is 29.3 Å². The zero-order valence-corrected chi connectivity index (χ0v) is 19.2. The van der Waals surface area contributed by atoms with Crippen molar-refractivity contribution in [1.29, 1.82) is 0 Å². The molecule has 1 aliphatic rings. The highest BCUT2D eigenvalue weighted by molar-refractivity contribution is 6.35. The summed E-state index contributed by atoms with van der Waals surface area (Å²) >= 11 is 0. The number of amides is 1. The van der Waals surface area contributed by atoms with Crippen LogP contribution >= 0.6 is 0 Å². The van der Waals surface area contributed by atoms with E-state index < -0.39 is 29.2 Å². The van der Waals surface area contributed by atoms with Crippen LogP contribution in [0.2, 0.25) is 0 Å². The molecule has 8 nitrogen and oxygen atoms in total. The predicted molar refractivity (Wildman–Crippen MR) is 122 cm³/mol. The van der Waals surface area contributed by atoms with Crippen LogP contribution in [-0.2, 0) is 15.1 Å². The summed E-state index contributed by atoms with van der Waals surface area (Å²) in [5.74, 6) is -1.90. The lowest BCUT2D eigenvalue weighted by atomic mass is 9.82. The minimum absolute atomic E-state index is 0.0284. The third kappa shape index (κ3) is 4.33. The fourth-order valence-electron chi connectivity index (χ4n) is 3.91. The van der Waals surface area contributed by atoms with Crippen molar-refractivity contribution in [2.24, 2.45) is 0 Å². The number of nitrogens with one attached hydrogen (secondary N) is 1. The van der Waals surface area contributed by atoms with Crippen LogP contribution in [0.3, 0.4) is 0 Å². The minimum Gasteiger partial charge on any atom is -0.434 e. The molecule has 8 heteroatoms. The number of ketones is 2. The number of hydrogen-bond acceptors (Lipinski definition) is 7. The molecule has 33 heavy (non-hydrogen) atoms. The van der Waals surface area contributed by atoms with Crippen LogP contribution in [0.25, 0.3) is 0 Å². The lowest BCUT2D eigenvalue weighted by Gasteiger charge is -2.29. The Morgan fingerprint density at radius 3 is 2.45 bits per heavy atom. The molecule has 3 N–H and O–H groups in total. The van der Waals surface area contributed by atoms with Crippen molar-refractivity contribution in [3.8, 4) is 5.75 Å². The molecule has 0 saturated carbocycles. The lowest BCUT2D eigenvalue weighted by molar-refractivity contribution is -0.120. The Bertz CT molecular complexity index is 1120. The second-order valence-corrected chi connectivity index (χ2v) is 8.32. The topological polar surface area (TPSA) is 125 Å². The van der Waals surface area contributed by atoms with Crippen LogP contribution < -0.4 is 15.8 Å². The molecule has 0 radical (unpaired) electrons. The van der Waals surface area contributed by atoms with Gasteiger partial charge < -0.3 is 20.5 Å². The molecule has 174 valence electrons. The quantitative estimate of drug-likeness (QED) is 0.213. The van der Waals surface area contributed by atoms with Gasteiger partial charge in [-0.05, 0) is 30.0 Å². The Kier molecular flexibility index (Phi) is 6.86. The van der Waals surface area contributed by atoms with Gasteiger partial charge in [-0.15, -0.1) is 0 Å². The van der Waals surface area contributed by atoms with Gasteiger partial charge in [-0.1, -0.05) is 51.5 Å². The number of rotatable bonds is 7. The third-order valence-corrected chi connectivity index (χ3v) is 5.60. The van der Waals surface area contributed by atoms with E-state index in [2.05, 4.69) is 5.32 Å². The Hall–Kier alpha value is -3.68. The largest absolute Gasteiger partial charge is 0.513 e. The molecule has 1 amide bonds. The van der Waals surface area contributed by atoms with E-state index in [0.717, 1.165) is 12.0 Å². The van der Waals surface area contributed by atoms with E-state index in [1.165, 1.54) is 25.1 Å². The van der Waals surface area contributed by atoms with Gasteiger partial charge in [0.25, 0.3) is 0 Å². The molecule has 1 aliphatic carbocycles. The summed E-state index contributed by atoms with van der Waals surface area (Å²) in [7, 11) is 0. The van der Waals surface area contributed by atoms with Gasteiger partial charge in [0, 0.05) is 23.7 Å². The Labute approximate surface area is 192 Å². The number of hydrogen-bond donors (Lipinski definition) is 2. The average Bonchev–Trinajstić information content (AvgIpc) is 2.96. The number of anilines is 1. The molecular weight excluding hydrogens is 424 g/mol. The fourth-order valence-corrected chi connectivity index (χ4v) is 3.91. The summed E-state index contributed by atoms with van der Waals surface area (Å²) in [5, 5.41) is 2.53. The van der Waals surface area contributed by atoms with E-state index in [4.69, 9.17) is 15.2 Å². The maximum Gasteiger partial charge on any atom is 0.513 e. The number of fused-ring (bicyclic) bond motifs is 1. The van der Waals surface area contributed by atoms with Crippen LogP contribution in [0.15, 0.2) is 36.4 Å². The molecule has 0 saturated heterocycles. The maximum absolute atomic E-state index is 13.7. The number of nitrogens with two attached hydrogens (primary N) is 1. The summed E-state index contributed by atoms with van der Waals surface area (Å²) in [4.78, 5) is 51.9. The summed E-state index contributed by atoms with van der Waals surface area (Å²) < 4.78 is 10.6. The van der Waals surface area contributed by atoms with Crippen molar-refractivity contribution in [2.45, 2.75) is 52.0 Å². The zero-order valence-electron chi connectivity index (χ0n) is 19.2. The minimum atomic E-state index is -2.11. The van der Waals surface area contributed by atoms with Gasteiger partial charge in [0.1, 0.15) is 5.75 Å². The molecule has 0 spiro atoms. The van der Waals surface area contributed by atoms with E-state index >= 15 is 0 Å². The molecular formula is C25H28N2O6.